The number of carbonyl (C=O) groups is 1. The van der Waals surface area contributed by atoms with Crippen LogP contribution in [0, 0.1) is 0 Å². The van der Waals surface area contributed by atoms with Crippen LogP contribution < -0.4 is 4.74 Å². The van der Waals surface area contributed by atoms with Crippen LogP contribution in [0.2, 0.25) is 0 Å². The molecule has 3 heteroatoms. The van der Waals surface area contributed by atoms with E-state index in [9.17, 15) is 4.79 Å². The van der Waals surface area contributed by atoms with Crippen LogP contribution in [-0.2, 0) is 0 Å². The molecular weight excluding hydrogens is 216 g/mol. The predicted octanol–water partition coefficient (Wildman–Crippen LogP) is 2.82. The second kappa shape index (κ2) is 5.82. The lowest BCUT2D eigenvalue weighted by Gasteiger charge is -2.21. The highest BCUT2D eigenvalue weighted by atomic mass is 16.5. The number of Topliss-reactive ketones (excluding diaryl/α,β-unsaturated/α-hetero) is 1. The first-order chi connectivity index (χ1) is 7.92. The van der Waals surface area contributed by atoms with Gasteiger partial charge in [-0.3, -0.25) is 4.79 Å². The maximum Gasteiger partial charge on any atom is 0.162 e. The molecule has 0 saturated heterocycles. The second-order valence-electron chi connectivity index (χ2n) is 4.99. The Morgan fingerprint density at radius 2 is 1.82 bits per heavy atom. The number of ether oxygens (including phenoxy) is 1. The van der Waals surface area contributed by atoms with Crippen LogP contribution in [0.4, 0.5) is 0 Å². The molecule has 17 heavy (non-hydrogen) atoms. The van der Waals surface area contributed by atoms with Gasteiger partial charge in [-0.2, -0.15) is 0 Å². The summed E-state index contributed by atoms with van der Waals surface area (Å²) >= 11 is 0. The second-order valence-corrected chi connectivity index (χ2v) is 4.99. The lowest BCUT2D eigenvalue weighted by Crippen LogP contribution is -2.22. The highest BCUT2D eigenvalue weighted by Gasteiger charge is 2.12. The summed E-state index contributed by atoms with van der Waals surface area (Å²) in [6, 6.07) is 7.14. The molecule has 3 nitrogen and oxygen atoms in total. The van der Waals surface area contributed by atoms with Crippen LogP contribution in [0.1, 0.15) is 44.0 Å². The Labute approximate surface area is 102 Å². The Morgan fingerprint density at radius 1 is 1.24 bits per heavy atom. The summed E-state index contributed by atoms with van der Waals surface area (Å²) < 4.78 is 5.67. The van der Waals surface area contributed by atoms with Crippen molar-refractivity contribution in [3.05, 3.63) is 29.8 Å². The number of aliphatic hydroxyl groups is 1. The largest absolute Gasteiger partial charge is 0.488 e. The van der Waals surface area contributed by atoms with Crippen LogP contribution in [0.5, 0.6) is 5.75 Å². The molecule has 0 unspecified atom stereocenters. The average Bonchev–Trinajstić information content (AvgIpc) is 2.24. The molecule has 1 aromatic rings. The molecule has 1 rings (SSSR count). The number of rotatable bonds is 5. The molecule has 0 spiro atoms. The van der Waals surface area contributed by atoms with Crippen LogP contribution >= 0.6 is 0 Å². The molecule has 1 aromatic carbocycles. The van der Waals surface area contributed by atoms with Crippen molar-refractivity contribution in [1.29, 1.82) is 0 Å². The number of hydrogen-bond acceptors (Lipinski definition) is 3. The Morgan fingerprint density at radius 3 is 2.29 bits per heavy atom. The minimum atomic E-state index is -0.234. The third kappa shape index (κ3) is 5.00. The summed E-state index contributed by atoms with van der Waals surface area (Å²) in [6.07, 6.45) is 0.898. The van der Waals surface area contributed by atoms with E-state index in [0.29, 0.717) is 18.4 Å². The van der Waals surface area contributed by atoms with E-state index in [1.807, 2.05) is 20.8 Å². The zero-order chi connectivity index (χ0) is 12.9. The normalized spacial score (nSPS) is 11.3. The quantitative estimate of drug-likeness (QED) is 0.800. The van der Waals surface area contributed by atoms with E-state index >= 15 is 0 Å². The van der Waals surface area contributed by atoms with Gasteiger partial charge < -0.3 is 9.84 Å². The van der Waals surface area contributed by atoms with Crippen molar-refractivity contribution in [2.75, 3.05) is 6.61 Å². The lowest BCUT2D eigenvalue weighted by molar-refractivity contribution is 0.0971. The Kier molecular flexibility index (Phi) is 4.70. The predicted molar refractivity (Wildman–Crippen MR) is 67.5 cm³/mol. The zero-order valence-corrected chi connectivity index (χ0v) is 10.7. The highest BCUT2D eigenvalue weighted by Crippen LogP contribution is 2.19. The van der Waals surface area contributed by atoms with Crippen molar-refractivity contribution in [3.63, 3.8) is 0 Å². The summed E-state index contributed by atoms with van der Waals surface area (Å²) in [5.74, 6) is 0.817. The van der Waals surface area contributed by atoms with E-state index < -0.39 is 0 Å². The van der Waals surface area contributed by atoms with Crippen molar-refractivity contribution in [1.82, 2.24) is 0 Å². The number of aliphatic hydroxyl groups excluding tert-OH is 1. The van der Waals surface area contributed by atoms with Gasteiger partial charge >= 0.3 is 0 Å². The summed E-state index contributed by atoms with van der Waals surface area (Å²) in [5.41, 5.74) is 0.433. The van der Waals surface area contributed by atoms with Crippen LogP contribution in [0.3, 0.4) is 0 Å². The van der Waals surface area contributed by atoms with Gasteiger partial charge in [-0.1, -0.05) is 0 Å². The standard InChI is InChI=1S/C14H20O3/c1-14(2,3)17-12-8-6-11(7-9-12)13(16)5-4-10-15/h6-9,15H,4-5,10H2,1-3H3. The number of benzene rings is 1. The first kappa shape index (κ1) is 13.7. The van der Waals surface area contributed by atoms with Crippen molar-refractivity contribution < 1.29 is 14.6 Å². The Bertz CT molecular complexity index is 360. The summed E-state index contributed by atoms with van der Waals surface area (Å²) in [4.78, 5) is 11.6. The molecule has 0 aliphatic rings. The van der Waals surface area contributed by atoms with Gasteiger partial charge in [0.1, 0.15) is 11.4 Å². The van der Waals surface area contributed by atoms with E-state index in [2.05, 4.69) is 0 Å². The van der Waals surface area contributed by atoms with E-state index in [4.69, 9.17) is 9.84 Å². The van der Waals surface area contributed by atoms with Gasteiger partial charge in [0.05, 0.1) is 0 Å². The van der Waals surface area contributed by atoms with Crippen LogP contribution in [0.15, 0.2) is 24.3 Å². The van der Waals surface area contributed by atoms with Crippen molar-refractivity contribution in [2.24, 2.45) is 0 Å². The molecule has 0 fully saturated rings. The van der Waals surface area contributed by atoms with Crippen molar-refractivity contribution in [3.8, 4) is 5.75 Å². The SMILES string of the molecule is CC(C)(C)Oc1ccc(C(=O)CCCO)cc1. The molecule has 0 bridgehead atoms. The molecule has 1 N–H and O–H groups in total. The molecule has 0 aliphatic carbocycles. The van der Waals surface area contributed by atoms with E-state index in [0.717, 1.165) is 5.75 Å². The highest BCUT2D eigenvalue weighted by molar-refractivity contribution is 5.96. The fraction of sp³-hybridized carbons (Fsp3) is 0.500. The smallest absolute Gasteiger partial charge is 0.162 e. The lowest BCUT2D eigenvalue weighted by atomic mass is 10.1. The molecular formula is C14H20O3. The maximum atomic E-state index is 11.6. The summed E-state index contributed by atoms with van der Waals surface area (Å²) in [6.45, 7) is 5.99. The number of ketones is 1. The number of hydrogen-bond donors (Lipinski definition) is 1. The average molecular weight is 236 g/mol. The van der Waals surface area contributed by atoms with Gasteiger partial charge in [-0.05, 0) is 51.5 Å². The van der Waals surface area contributed by atoms with Crippen molar-refractivity contribution >= 4 is 5.78 Å². The van der Waals surface area contributed by atoms with Gasteiger partial charge in [0, 0.05) is 18.6 Å². The molecule has 94 valence electrons. The van der Waals surface area contributed by atoms with Gasteiger partial charge in [0.2, 0.25) is 0 Å². The molecule has 0 aliphatic heterocycles. The molecule has 0 amide bonds. The van der Waals surface area contributed by atoms with Gasteiger partial charge in [-0.15, -0.1) is 0 Å². The topological polar surface area (TPSA) is 46.5 Å². The van der Waals surface area contributed by atoms with Crippen molar-refractivity contribution in [2.45, 2.75) is 39.2 Å². The molecule has 0 radical (unpaired) electrons. The van der Waals surface area contributed by atoms with E-state index in [1.165, 1.54) is 0 Å². The maximum absolute atomic E-state index is 11.6. The van der Waals surface area contributed by atoms with E-state index in [1.54, 1.807) is 24.3 Å². The zero-order valence-electron chi connectivity index (χ0n) is 10.7. The fourth-order valence-electron chi connectivity index (χ4n) is 1.45. The first-order valence-corrected chi connectivity index (χ1v) is 5.85. The third-order valence-corrected chi connectivity index (χ3v) is 2.16. The van der Waals surface area contributed by atoms with Crippen LogP contribution in [0.25, 0.3) is 0 Å². The van der Waals surface area contributed by atoms with Crippen LogP contribution in [-0.4, -0.2) is 23.1 Å². The van der Waals surface area contributed by atoms with Gasteiger partial charge in [-0.25, -0.2) is 0 Å². The minimum Gasteiger partial charge on any atom is -0.488 e. The molecule has 0 heterocycles. The first-order valence-electron chi connectivity index (χ1n) is 5.85. The number of carbonyl (C=O) groups excluding carboxylic acids is 1. The third-order valence-electron chi connectivity index (χ3n) is 2.16. The van der Waals surface area contributed by atoms with Gasteiger partial charge in [0.25, 0.3) is 0 Å². The van der Waals surface area contributed by atoms with Gasteiger partial charge in [0.15, 0.2) is 5.78 Å². The molecule has 0 aromatic heterocycles. The fourth-order valence-corrected chi connectivity index (χ4v) is 1.45. The van der Waals surface area contributed by atoms with E-state index in [-0.39, 0.29) is 18.0 Å². The molecule has 0 atom stereocenters. The Hall–Kier alpha value is -1.35. The Balaban J connectivity index is 2.64. The molecule has 0 saturated carbocycles. The summed E-state index contributed by atoms with van der Waals surface area (Å²) in [5, 5.41) is 8.66. The monoisotopic (exact) mass is 236 g/mol. The summed E-state index contributed by atoms with van der Waals surface area (Å²) in [7, 11) is 0. The minimum absolute atomic E-state index is 0.0525.